The zero-order valence-corrected chi connectivity index (χ0v) is 15.3. The minimum atomic E-state index is 1.07. The molecule has 27 heavy (non-hydrogen) atoms. The number of fused-ring (bicyclic) bond motifs is 7. The van der Waals surface area contributed by atoms with Gasteiger partial charge in [-0.2, -0.15) is 0 Å². The summed E-state index contributed by atoms with van der Waals surface area (Å²) in [4.78, 5) is 4.40. The number of aromatic nitrogens is 1. The van der Waals surface area contributed by atoms with Crippen LogP contribution in [0, 0.1) is 0 Å². The lowest BCUT2D eigenvalue weighted by molar-refractivity contribution is 1.50. The molecular formula is C25H15NS. The minimum Gasteiger partial charge on any atom is -0.245 e. The summed E-state index contributed by atoms with van der Waals surface area (Å²) in [6, 6.07) is 30.8. The summed E-state index contributed by atoms with van der Waals surface area (Å²) in [5.41, 5.74) is 5.47. The monoisotopic (exact) mass is 361 g/mol. The zero-order chi connectivity index (χ0) is 17.8. The maximum absolute atomic E-state index is 4.40. The fraction of sp³-hybridized carbons (Fsp3) is 0. The van der Waals surface area contributed by atoms with E-state index in [9.17, 15) is 0 Å². The molecule has 0 aliphatic heterocycles. The van der Waals surface area contributed by atoms with E-state index in [1.165, 1.54) is 48.1 Å². The van der Waals surface area contributed by atoms with E-state index in [0.29, 0.717) is 0 Å². The number of hydrogen-bond donors (Lipinski definition) is 0. The highest BCUT2D eigenvalue weighted by atomic mass is 32.1. The van der Waals surface area contributed by atoms with Crippen molar-refractivity contribution in [2.45, 2.75) is 0 Å². The lowest BCUT2D eigenvalue weighted by Gasteiger charge is -2.12. The van der Waals surface area contributed by atoms with E-state index in [-0.39, 0.29) is 0 Å². The Morgan fingerprint density at radius 1 is 0.519 bits per heavy atom. The van der Waals surface area contributed by atoms with Gasteiger partial charge in [0.25, 0.3) is 0 Å². The van der Waals surface area contributed by atoms with Crippen molar-refractivity contribution in [3.63, 3.8) is 0 Å². The molecular weight excluding hydrogens is 346 g/mol. The van der Waals surface area contributed by atoms with Crippen LogP contribution in [0.25, 0.3) is 53.7 Å². The first-order valence-electron chi connectivity index (χ1n) is 9.05. The van der Waals surface area contributed by atoms with E-state index in [1.54, 1.807) is 11.3 Å². The van der Waals surface area contributed by atoms with Gasteiger partial charge in [0.15, 0.2) is 0 Å². The van der Waals surface area contributed by atoms with Crippen molar-refractivity contribution in [3.05, 3.63) is 90.4 Å². The summed E-state index contributed by atoms with van der Waals surface area (Å²) in [6.45, 7) is 0. The molecule has 0 atom stereocenters. The van der Waals surface area contributed by atoms with Gasteiger partial charge in [0, 0.05) is 0 Å². The number of hydrogen-bond acceptors (Lipinski definition) is 2. The van der Waals surface area contributed by atoms with Gasteiger partial charge in [-0.15, -0.1) is 11.3 Å². The molecule has 0 aliphatic carbocycles. The number of benzene rings is 5. The molecule has 0 N–H and O–H groups in total. The van der Waals surface area contributed by atoms with Gasteiger partial charge in [-0.05, 0) is 61.6 Å². The van der Waals surface area contributed by atoms with E-state index in [0.717, 1.165) is 5.52 Å². The lowest BCUT2D eigenvalue weighted by atomic mass is 9.92. The Labute approximate surface area is 160 Å². The van der Waals surface area contributed by atoms with Crippen LogP contribution >= 0.6 is 11.3 Å². The molecule has 126 valence electrons. The van der Waals surface area contributed by atoms with Crippen molar-refractivity contribution in [1.29, 1.82) is 0 Å². The molecule has 6 aromatic rings. The summed E-state index contributed by atoms with van der Waals surface area (Å²) in [7, 11) is 0. The van der Waals surface area contributed by atoms with Gasteiger partial charge in [0.2, 0.25) is 0 Å². The second kappa shape index (κ2) is 5.63. The highest BCUT2D eigenvalue weighted by molar-refractivity contribution is 7.16. The first-order chi connectivity index (χ1) is 13.4. The Morgan fingerprint density at radius 2 is 1.07 bits per heavy atom. The van der Waals surface area contributed by atoms with Crippen LogP contribution in [0.15, 0.2) is 90.4 Å². The second-order valence-electron chi connectivity index (χ2n) is 6.89. The molecule has 0 unspecified atom stereocenters. The van der Waals surface area contributed by atoms with Crippen molar-refractivity contribution in [2.75, 3.05) is 0 Å². The molecule has 0 spiro atoms. The van der Waals surface area contributed by atoms with E-state index in [4.69, 9.17) is 0 Å². The molecule has 1 heterocycles. The van der Waals surface area contributed by atoms with Crippen LogP contribution in [-0.4, -0.2) is 4.98 Å². The van der Waals surface area contributed by atoms with Gasteiger partial charge in [0.1, 0.15) is 0 Å². The molecule has 1 aromatic heterocycles. The molecule has 0 radical (unpaired) electrons. The quantitative estimate of drug-likeness (QED) is 0.278. The Bertz CT molecular complexity index is 1440. The molecule has 0 bridgehead atoms. The van der Waals surface area contributed by atoms with Gasteiger partial charge in [-0.25, -0.2) is 4.98 Å². The van der Waals surface area contributed by atoms with Crippen molar-refractivity contribution < 1.29 is 0 Å². The predicted octanol–water partition coefficient (Wildman–Crippen LogP) is 7.42. The molecule has 0 fully saturated rings. The van der Waals surface area contributed by atoms with Crippen LogP contribution in [0.2, 0.25) is 0 Å². The van der Waals surface area contributed by atoms with Crippen LogP contribution in [0.1, 0.15) is 0 Å². The van der Waals surface area contributed by atoms with Crippen LogP contribution in [-0.2, 0) is 0 Å². The van der Waals surface area contributed by atoms with Gasteiger partial charge >= 0.3 is 0 Å². The Kier molecular flexibility index (Phi) is 3.11. The second-order valence-corrected chi connectivity index (χ2v) is 7.77. The summed E-state index contributed by atoms with van der Waals surface area (Å²) < 4.78 is 1.23. The van der Waals surface area contributed by atoms with Crippen molar-refractivity contribution in [3.8, 4) is 11.1 Å². The fourth-order valence-corrected chi connectivity index (χ4v) is 4.84. The molecule has 1 nitrogen and oxygen atoms in total. The third-order valence-electron chi connectivity index (χ3n) is 5.41. The smallest absolute Gasteiger partial charge is 0.0812 e. The third-order valence-corrected chi connectivity index (χ3v) is 6.20. The van der Waals surface area contributed by atoms with Gasteiger partial charge < -0.3 is 0 Å². The van der Waals surface area contributed by atoms with Crippen molar-refractivity contribution in [1.82, 2.24) is 4.98 Å². The molecule has 5 aromatic carbocycles. The average Bonchev–Trinajstić information content (AvgIpc) is 3.21. The SMILES string of the molecule is c1ccc2c(c1)c1ccccc1c1cc(-c3ccc4ncsc4c3)ccc21. The van der Waals surface area contributed by atoms with Crippen LogP contribution in [0.5, 0.6) is 0 Å². The average molecular weight is 361 g/mol. The molecule has 2 heteroatoms. The van der Waals surface area contributed by atoms with Crippen LogP contribution in [0.4, 0.5) is 0 Å². The van der Waals surface area contributed by atoms with E-state index < -0.39 is 0 Å². The number of thiazole rings is 1. The fourth-order valence-electron chi connectivity index (χ4n) is 4.12. The maximum atomic E-state index is 4.40. The van der Waals surface area contributed by atoms with Gasteiger partial charge in [-0.3, -0.25) is 0 Å². The molecule has 6 rings (SSSR count). The predicted molar refractivity (Wildman–Crippen MR) is 118 cm³/mol. The summed E-state index contributed by atoms with van der Waals surface area (Å²) in [6.07, 6.45) is 0. The third kappa shape index (κ3) is 2.20. The topological polar surface area (TPSA) is 12.9 Å². The van der Waals surface area contributed by atoms with E-state index in [1.807, 2.05) is 5.51 Å². The van der Waals surface area contributed by atoms with E-state index >= 15 is 0 Å². The standard InChI is InChI=1S/C25H15NS/c1-2-7-20-18(5-1)19-6-3-4-8-21(19)23-13-16(9-11-22(20)23)17-10-12-24-25(14-17)27-15-26-24/h1-15H. The minimum absolute atomic E-state index is 1.07. The van der Waals surface area contributed by atoms with Crippen molar-refractivity contribution in [2.24, 2.45) is 0 Å². The first kappa shape index (κ1) is 14.9. The Balaban J connectivity index is 1.72. The summed E-state index contributed by atoms with van der Waals surface area (Å²) in [5.74, 6) is 0. The lowest BCUT2D eigenvalue weighted by Crippen LogP contribution is -1.85. The molecule has 0 saturated carbocycles. The largest absolute Gasteiger partial charge is 0.245 e. The van der Waals surface area contributed by atoms with Crippen LogP contribution in [0.3, 0.4) is 0 Å². The van der Waals surface area contributed by atoms with E-state index in [2.05, 4.69) is 89.9 Å². The highest BCUT2D eigenvalue weighted by Crippen LogP contribution is 2.37. The number of rotatable bonds is 1. The van der Waals surface area contributed by atoms with Gasteiger partial charge in [0.05, 0.1) is 15.7 Å². The molecule has 0 amide bonds. The zero-order valence-electron chi connectivity index (χ0n) is 14.5. The molecule has 0 saturated heterocycles. The summed E-state index contributed by atoms with van der Waals surface area (Å²) >= 11 is 1.69. The van der Waals surface area contributed by atoms with Crippen LogP contribution < -0.4 is 0 Å². The Morgan fingerprint density at radius 3 is 1.78 bits per heavy atom. The highest BCUT2D eigenvalue weighted by Gasteiger charge is 2.09. The number of nitrogens with zero attached hydrogens (tertiary/aromatic N) is 1. The first-order valence-corrected chi connectivity index (χ1v) is 9.93. The molecule has 0 aliphatic rings. The normalized spacial score (nSPS) is 11.7. The Hall–Kier alpha value is -3.23. The summed E-state index contributed by atoms with van der Waals surface area (Å²) in [5, 5.41) is 7.88. The maximum Gasteiger partial charge on any atom is 0.0812 e. The van der Waals surface area contributed by atoms with Gasteiger partial charge in [-0.1, -0.05) is 66.7 Å². The van der Waals surface area contributed by atoms with Crippen molar-refractivity contribution >= 4 is 53.9 Å².